The van der Waals surface area contributed by atoms with Crippen molar-refractivity contribution in [3.8, 4) is 28.7 Å². The third-order valence-electron chi connectivity index (χ3n) is 7.96. The fourth-order valence-corrected chi connectivity index (χ4v) is 5.35. The quantitative estimate of drug-likeness (QED) is 0.295. The summed E-state index contributed by atoms with van der Waals surface area (Å²) >= 11 is 0. The highest BCUT2D eigenvalue weighted by Gasteiger charge is 2.44. The molecule has 5 nitrogen and oxygen atoms in total. The first-order valence-electron chi connectivity index (χ1n) is 13.1. The summed E-state index contributed by atoms with van der Waals surface area (Å²) in [5.41, 5.74) is 4.49. The van der Waals surface area contributed by atoms with Crippen molar-refractivity contribution in [2.75, 3.05) is 7.11 Å². The van der Waals surface area contributed by atoms with Gasteiger partial charge in [0.2, 0.25) is 0 Å². The molecule has 0 heterocycles. The molecule has 3 atom stereocenters. The number of nitriles is 1. The Kier molecular flexibility index (Phi) is 7.12. The van der Waals surface area contributed by atoms with Gasteiger partial charge < -0.3 is 14.6 Å². The van der Waals surface area contributed by atoms with Crippen molar-refractivity contribution in [3.05, 3.63) is 83.2 Å². The minimum absolute atomic E-state index is 0.0115. The highest BCUT2D eigenvalue weighted by molar-refractivity contribution is 5.71. The van der Waals surface area contributed by atoms with Gasteiger partial charge >= 0.3 is 5.97 Å². The molecular formula is C32H32FNO4. The predicted molar refractivity (Wildman–Crippen MR) is 142 cm³/mol. The van der Waals surface area contributed by atoms with E-state index >= 15 is 0 Å². The third-order valence-corrected chi connectivity index (χ3v) is 7.96. The largest absolute Gasteiger partial charge is 0.497 e. The molecule has 3 aromatic carbocycles. The number of hydrogen-bond donors (Lipinski definition) is 1. The van der Waals surface area contributed by atoms with Gasteiger partial charge in [0.15, 0.2) is 0 Å². The summed E-state index contributed by atoms with van der Waals surface area (Å²) in [5.74, 6) is 0.00439. The van der Waals surface area contributed by atoms with Gasteiger partial charge in [-0.3, -0.25) is 4.79 Å². The number of aliphatic carboxylic acids is 1. The lowest BCUT2D eigenvalue weighted by Crippen LogP contribution is -2.10. The maximum atomic E-state index is 14.8. The van der Waals surface area contributed by atoms with Gasteiger partial charge in [-0.25, -0.2) is 4.39 Å². The van der Waals surface area contributed by atoms with Gasteiger partial charge in [-0.15, -0.1) is 0 Å². The van der Waals surface area contributed by atoms with Crippen molar-refractivity contribution in [3.63, 3.8) is 0 Å². The summed E-state index contributed by atoms with van der Waals surface area (Å²) in [6, 6.07) is 20.7. The number of carboxylic acid groups (broad SMARTS) is 1. The van der Waals surface area contributed by atoms with Crippen molar-refractivity contribution >= 4 is 5.97 Å². The smallest absolute Gasteiger partial charge is 0.303 e. The summed E-state index contributed by atoms with van der Waals surface area (Å²) in [6.07, 6.45) is 3.89. The molecule has 0 amide bonds. The number of methoxy groups -OCH3 is 1. The van der Waals surface area contributed by atoms with E-state index in [1.165, 1.54) is 6.07 Å². The Bertz CT molecular complexity index is 1390. The summed E-state index contributed by atoms with van der Waals surface area (Å²) < 4.78 is 26.4. The van der Waals surface area contributed by atoms with Gasteiger partial charge in [0.1, 0.15) is 23.9 Å². The van der Waals surface area contributed by atoms with Crippen LogP contribution in [0.4, 0.5) is 4.39 Å². The molecule has 0 aliphatic heterocycles. The molecule has 2 aliphatic carbocycles. The first-order valence-corrected chi connectivity index (χ1v) is 13.1. The topological polar surface area (TPSA) is 79.6 Å². The minimum Gasteiger partial charge on any atom is -0.497 e. The fourth-order valence-electron chi connectivity index (χ4n) is 5.35. The molecule has 196 valence electrons. The van der Waals surface area contributed by atoms with Gasteiger partial charge in [0.25, 0.3) is 0 Å². The Morgan fingerprint density at radius 1 is 1.13 bits per heavy atom. The van der Waals surface area contributed by atoms with Crippen molar-refractivity contribution in [2.24, 2.45) is 17.3 Å². The molecular weight excluding hydrogens is 481 g/mol. The van der Waals surface area contributed by atoms with Gasteiger partial charge in [-0.1, -0.05) is 37.3 Å². The summed E-state index contributed by atoms with van der Waals surface area (Å²) in [5, 5.41) is 18.7. The minimum atomic E-state index is -0.857. The van der Waals surface area contributed by atoms with Crippen LogP contribution < -0.4 is 9.47 Å². The second-order valence-electron chi connectivity index (χ2n) is 11.0. The van der Waals surface area contributed by atoms with Crippen LogP contribution in [0.15, 0.2) is 60.7 Å². The normalized spacial score (nSPS) is 19.7. The lowest BCUT2D eigenvalue weighted by Gasteiger charge is -2.18. The lowest BCUT2D eigenvalue weighted by atomic mass is 9.89. The van der Waals surface area contributed by atoms with E-state index in [0.717, 1.165) is 47.9 Å². The van der Waals surface area contributed by atoms with Crippen LogP contribution in [0.25, 0.3) is 11.1 Å². The molecule has 1 N–H and O–H groups in total. The zero-order chi connectivity index (χ0) is 26.9. The molecule has 0 aromatic heterocycles. The average molecular weight is 514 g/mol. The second kappa shape index (κ2) is 10.5. The molecule has 3 unspecified atom stereocenters. The zero-order valence-corrected chi connectivity index (χ0v) is 21.7. The number of halogens is 1. The van der Waals surface area contributed by atoms with Crippen molar-refractivity contribution < 1.29 is 23.8 Å². The van der Waals surface area contributed by atoms with Crippen LogP contribution in [-0.2, 0) is 17.8 Å². The number of rotatable bonds is 11. The zero-order valence-electron chi connectivity index (χ0n) is 21.7. The van der Waals surface area contributed by atoms with E-state index in [2.05, 4.69) is 13.0 Å². The molecule has 2 saturated carbocycles. The molecule has 0 spiro atoms. The Morgan fingerprint density at radius 2 is 1.92 bits per heavy atom. The summed E-state index contributed by atoms with van der Waals surface area (Å²) in [6.45, 7) is 2.57. The van der Waals surface area contributed by atoms with Crippen LogP contribution >= 0.6 is 0 Å². The molecule has 2 fully saturated rings. The van der Waals surface area contributed by atoms with E-state index < -0.39 is 5.97 Å². The molecule has 0 bridgehead atoms. The van der Waals surface area contributed by atoms with Gasteiger partial charge in [-0.05, 0) is 95.5 Å². The Morgan fingerprint density at radius 3 is 2.61 bits per heavy atom. The number of carboxylic acids is 1. The van der Waals surface area contributed by atoms with Crippen LogP contribution in [0.2, 0.25) is 0 Å². The highest BCUT2D eigenvalue weighted by Crippen LogP contribution is 2.50. The van der Waals surface area contributed by atoms with E-state index in [9.17, 15) is 19.6 Å². The van der Waals surface area contributed by atoms with E-state index in [0.29, 0.717) is 23.7 Å². The summed E-state index contributed by atoms with van der Waals surface area (Å²) in [7, 11) is 1.57. The predicted octanol–water partition coefficient (Wildman–Crippen LogP) is 7.14. The second-order valence-corrected chi connectivity index (χ2v) is 11.0. The molecule has 5 rings (SSSR count). The fraction of sp³-hybridized carbons (Fsp3) is 0.375. The average Bonchev–Trinajstić information content (AvgIpc) is 3.84. The van der Waals surface area contributed by atoms with E-state index in [4.69, 9.17) is 9.47 Å². The van der Waals surface area contributed by atoms with Crippen molar-refractivity contribution in [1.82, 2.24) is 0 Å². The number of hydrogen-bond acceptors (Lipinski definition) is 4. The van der Waals surface area contributed by atoms with Crippen LogP contribution in [0, 0.1) is 34.4 Å². The molecule has 6 heteroatoms. The van der Waals surface area contributed by atoms with E-state index in [1.54, 1.807) is 19.2 Å². The number of carbonyl (C=O) groups is 1. The van der Waals surface area contributed by atoms with Crippen molar-refractivity contribution in [1.29, 1.82) is 5.26 Å². The van der Waals surface area contributed by atoms with Crippen LogP contribution in [0.1, 0.15) is 55.2 Å². The van der Waals surface area contributed by atoms with Gasteiger partial charge in [0, 0.05) is 5.56 Å². The first kappa shape index (κ1) is 25.8. The van der Waals surface area contributed by atoms with Gasteiger partial charge in [-0.2, -0.15) is 5.26 Å². The lowest BCUT2D eigenvalue weighted by molar-refractivity contribution is -0.137. The van der Waals surface area contributed by atoms with Crippen LogP contribution in [-0.4, -0.2) is 18.2 Å². The Hall–Kier alpha value is -3.85. The number of benzene rings is 3. The standard InChI is InChI=1S/C32H32FNO4/c1-32(10-11-32)17-22-13-25(6-8-26(22)29-15-24(37-2)7-9-30(29)33)38-19-20-4-3-5-21(12-20)28(16-31(35)36)27-14-23(27)18-34/h3-9,12-13,15,23,27-28H,10-11,14,16-17,19H2,1-2H3,(H,35,36). The molecule has 0 saturated heterocycles. The monoisotopic (exact) mass is 513 g/mol. The van der Waals surface area contributed by atoms with Gasteiger partial charge in [0.05, 0.1) is 25.5 Å². The summed E-state index contributed by atoms with van der Waals surface area (Å²) in [4.78, 5) is 11.5. The SMILES string of the molecule is COc1ccc(F)c(-c2ccc(OCc3cccc(C(CC(=O)O)C4CC4C#N)c3)cc2CC2(C)CC2)c1. The Balaban J connectivity index is 1.37. The maximum Gasteiger partial charge on any atom is 0.303 e. The van der Waals surface area contributed by atoms with E-state index in [1.807, 2.05) is 42.5 Å². The molecule has 38 heavy (non-hydrogen) atoms. The Labute approximate surface area is 222 Å². The third kappa shape index (κ3) is 5.83. The van der Waals surface area contributed by atoms with Crippen molar-refractivity contribution in [2.45, 2.75) is 51.6 Å². The highest BCUT2D eigenvalue weighted by atomic mass is 19.1. The number of nitrogens with zero attached hydrogens (tertiary/aromatic N) is 1. The molecule has 0 radical (unpaired) electrons. The maximum absolute atomic E-state index is 14.8. The molecule has 3 aromatic rings. The number of ether oxygens (including phenoxy) is 2. The first-order chi connectivity index (χ1) is 18.3. The molecule has 2 aliphatic rings. The van der Waals surface area contributed by atoms with Crippen LogP contribution in [0.3, 0.4) is 0 Å². The van der Waals surface area contributed by atoms with Crippen LogP contribution in [0.5, 0.6) is 11.5 Å². The van der Waals surface area contributed by atoms with E-state index in [-0.39, 0.29) is 35.4 Å².